The minimum atomic E-state index is -4.95. The molecule has 0 saturated heterocycles. The van der Waals surface area contributed by atoms with Crippen LogP contribution in [0.25, 0.3) is 17.1 Å². The Labute approximate surface area is 115 Å². The number of alkyl halides is 3. The monoisotopic (exact) mass is 300 g/mol. The van der Waals surface area contributed by atoms with Crippen molar-refractivity contribution in [3.63, 3.8) is 0 Å². The van der Waals surface area contributed by atoms with E-state index >= 15 is 0 Å². The lowest BCUT2D eigenvalue weighted by Gasteiger charge is -2.10. The number of aromatic carboxylic acids is 1. The van der Waals surface area contributed by atoms with E-state index in [1.165, 1.54) is 12.2 Å². The van der Waals surface area contributed by atoms with Gasteiger partial charge in [0.1, 0.15) is 11.5 Å². The third kappa shape index (κ3) is 2.83. The van der Waals surface area contributed by atoms with Crippen LogP contribution in [-0.4, -0.2) is 21.0 Å². The molecule has 0 saturated carbocycles. The number of allylic oxidation sites excluding steroid dienone is 1. The first kappa shape index (κ1) is 14.9. The van der Waals surface area contributed by atoms with Crippen LogP contribution in [-0.2, 0) is 6.18 Å². The number of pyridine rings is 2. The Morgan fingerprint density at radius 1 is 1.29 bits per heavy atom. The molecule has 2 rings (SSSR count). The summed E-state index contributed by atoms with van der Waals surface area (Å²) in [5, 5.41) is 8.71. The van der Waals surface area contributed by atoms with Crippen molar-refractivity contribution in [2.24, 2.45) is 0 Å². The normalized spacial score (nSPS) is 12.2. The number of hydrogen-bond acceptors (Lipinski definition) is 3. The molecule has 0 bridgehead atoms. The van der Waals surface area contributed by atoms with Gasteiger partial charge >= 0.3 is 12.1 Å². The van der Waals surface area contributed by atoms with Crippen molar-refractivity contribution in [1.82, 2.24) is 9.97 Å². The highest BCUT2D eigenvalue weighted by atomic mass is 19.4. The molecule has 8 heteroatoms. The van der Waals surface area contributed by atoms with Crippen LogP contribution in [0.5, 0.6) is 0 Å². The van der Waals surface area contributed by atoms with Gasteiger partial charge < -0.3 is 5.11 Å². The quantitative estimate of drug-likeness (QED) is 0.862. The van der Waals surface area contributed by atoms with Gasteiger partial charge in [-0.25, -0.2) is 19.2 Å². The van der Waals surface area contributed by atoms with E-state index in [0.29, 0.717) is 6.07 Å². The summed E-state index contributed by atoms with van der Waals surface area (Å²) in [4.78, 5) is 17.8. The number of rotatable bonds is 2. The molecule has 110 valence electrons. The fourth-order valence-electron chi connectivity index (χ4n) is 1.75. The molecule has 0 aliphatic heterocycles. The lowest BCUT2D eigenvalue weighted by atomic mass is 10.1. The average molecular weight is 300 g/mol. The second-order valence-electron chi connectivity index (χ2n) is 4.09. The molecule has 0 radical (unpaired) electrons. The minimum Gasteiger partial charge on any atom is -0.478 e. The topological polar surface area (TPSA) is 63.1 Å². The van der Waals surface area contributed by atoms with Crippen molar-refractivity contribution < 1.29 is 27.5 Å². The van der Waals surface area contributed by atoms with Crippen molar-refractivity contribution >= 4 is 23.1 Å². The molecule has 1 N–H and O–H groups in total. The molecule has 0 unspecified atom stereocenters. The number of carbonyl (C=O) groups is 1. The van der Waals surface area contributed by atoms with E-state index in [2.05, 4.69) is 9.97 Å². The summed E-state index contributed by atoms with van der Waals surface area (Å²) < 4.78 is 52.1. The number of halogens is 4. The van der Waals surface area contributed by atoms with E-state index in [-0.39, 0.29) is 16.7 Å². The summed E-state index contributed by atoms with van der Waals surface area (Å²) >= 11 is 0. The third-order valence-corrected chi connectivity index (χ3v) is 2.61. The molecule has 0 aliphatic carbocycles. The van der Waals surface area contributed by atoms with Crippen molar-refractivity contribution in [1.29, 1.82) is 0 Å². The van der Waals surface area contributed by atoms with Gasteiger partial charge in [0.05, 0.1) is 5.56 Å². The molecule has 2 heterocycles. The first-order valence-corrected chi connectivity index (χ1v) is 5.68. The molecule has 0 fully saturated rings. The highest BCUT2D eigenvalue weighted by molar-refractivity contribution is 5.93. The van der Waals surface area contributed by atoms with Gasteiger partial charge in [-0.05, 0) is 25.1 Å². The zero-order valence-corrected chi connectivity index (χ0v) is 10.6. The molecule has 0 amide bonds. The molecular weight excluding hydrogens is 292 g/mol. The van der Waals surface area contributed by atoms with E-state index in [1.54, 1.807) is 6.92 Å². The van der Waals surface area contributed by atoms with Crippen LogP contribution in [0.4, 0.5) is 17.6 Å². The zero-order chi connectivity index (χ0) is 15.8. The number of aromatic nitrogens is 2. The van der Waals surface area contributed by atoms with E-state index in [0.717, 1.165) is 6.07 Å². The molecule has 0 atom stereocenters. The van der Waals surface area contributed by atoms with Crippen LogP contribution < -0.4 is 0 Å². The van der Waals surface area contributed by atoms with Gasteiger partial charge in [-0.3, -0.25) is 0 Å². The van der Waals surface area contributed by atoms with Gasteiger partial charge in [-0.2, -0.15) is 13.2 Å². The van der Waals surface area contributed by atoms with E-state index in [4.69, 9.17) is 5.11 Å². The van der Waals surface area contributed by atoms with Gasteiger partial charge in [0.25, 0.3) is 0 Å². The molecule has 21 heavy (non-hydrogen) atoms. The molecular formula is C13H8F4N2O2. The van der Waals surface area contributed by atoms with Crippen LogP contribution in [0.2, 0.25) is 0 Å². The fourth-order valence-corrected chi connectivity index (χ4v) is 1.75. The van der Waals surface area contributed by atoms with Gasteiger partial charge in [-0.15, -0.1) is 0 Å². The maximum absolute atomic E-state index is 13.7. The maximum atomic E-state index is 13.7. The van der Waals surface area contributed by atoms with Gasteiger partial charge in [0.15, 0.2) is 11.3 Å². The number of carboxylic acid groups (broad SMARTS) is 1. The predicted octanol–water partition coefficient (Wildman–Crippen LogP) is 3.52. The summed E-state index contributed by atoms with van der Waals surface area (Å²) in [6.45, 7) is 1.59. The van der Waals surface area contributed by atoms with Crippen LogP contribution in [0, 0.1) is 5.82 Å². The molecule has 0 aromatic carbocycles. The van der Waals surface area contributed by atoms with E-state index in [9.17, 15) is 22.4 Å². The fraction of sp³-hybridized carbons (Fsp3) is 0.154. The third-order valence-electron chi connectivity index (χ3n) is 2.61. The smallest absolute Gasteiger partial charge is 0.434 e. The summed E-state index contributed by atoms with van der Waals surface area (Å²) in [5.41, 5.74) is -3.15. The van der Waals surface area contributed by atoms with Crippen molar-refractivity contribution in [2.75, 3.05) is 0 Å². The van der Waals surface area contributed by atoms with Crippen LogP contribution >= 0.6 is 0 Å². The highest BCUT2D eigenvalue weighted by Crippen LogP contribution is 2.32. The van der Waals surface area contributed by atoms with E-state index in [1.807, 2.05) is 0 Å². The Hall–Kier alpha value is -2.51. The second kappa shape index (κ2) is 5.12. The Kier molecular flexibility index (Phi) is 3.63. The SMILES string of the molecule is C/C=C/c1nc2nc(C(F)(F)F)c(C(=O)O)cc2cc1F. The van der Waals surface area contributed by atoms with Gasteiger partial charge in [0, 0.05) is 5.39 Å². The summed E-state index contributed by atoms with van der Waals surface area (Å²) in [7, 11) is 0. The second-order valence-corrected chi connectivity index (χ2v) is 4.09. The lowest BCUT2D eigenvalue weighted by molar-refractivity contribution is -0.141. The first-order valence-electron chi connectivity index (χ1n) is 5.68. The molecule has 2 aromatic rings. The first-order chi connectivity index (χ1) is 9.74. The maximum Gasteiger partial charge on any atom is 0.434 e. The summed E-state index contributed by atoms with van der Waals surface area (Å²) in [5.74, 6) is -2.58. The Morgan fingerprint density at radius 3 is 2.48 bits per heavy atom. The molecule has 4 nitrogen and oxygen atoms in total. The Morgan fingerprint density at radius 2 is 1.95 bits per heavy atom. The largest absolute Gasteiger partial charge is 0.478 e. The average Bonchev–Trinajstić information content (AvgIpc) is 2.37. The molecule has 2 aromatic heterocycles. The number of carboxylic acids is 1. The van der Waals surface area contributed by atoms with Gasteiger partial charge in [-0.1, -0.05) is 6.08 Å². The summed E-state index contributed by atoms with van der Waals surface area (Å²) in [6.07, 6.45) is -2.21. The lowest BCUT2D eigenvalue weighted by Crippen LogP contribution is -2.16. The van der Waals surface area contributed by atoms with Crippen molar-refractivity contribution in [2.45, 2.75) is 13.1 Å². The summed E-state index contributed by atoms with van der Waals surface area (Å²) in [6, 6.07) is 1.61. The van der Waals surface area contributed by atoms with Crippen LogP contribution in [0.15, 0.2) is 18.2 Å². The number of nitrogens with zero attached hydrogens (tertiary/aromatic N) is 2. The Bertz CT molecular complexity index is 754. The van der Waals surface area contributed by atoms with E-state index < -0.39 is 29.2 Å². The molecule has 0 aliphatic rings. The number of hydrogen-bond donors (Lipinski definition) is 1. The predicted molar refractivity (Wildman–Crippen MR) is 66.2 cm³/mol. The minimum absolute atomic E-state index is 0.119. The van der Waals surface area contributed by atoms with Crippen LogP contribution in [0.3, 0.4) is 0 Å². The van der Waals surface area contributed by atoms with Crippen LogP contribution in [0.1, 0.15) is 28.7 Å². The zero-order valence-electron chi connectivity index (χ0n) is 10.6. The standard InChI is InChI=1S/C13H8F4N2O2/c1-2-3-9-8(14)5-6-4-7(12(20)21)10(13(15,16)17)19-11(6)18-9/h2-5H,1H3,(H,20,21)/b3-2+. The van der Waals surface area contributed by atoms with Crippen molar-refractivity contribution in [3.05, 3.63) is 41.0 Å². The highest BCUT2D eigenvalue weighted by Gasteiger charge is 2.38. The van der Waals surface area contributed by atoms with Crippen molar-refractivity contribution in [3.8, 4) is 0 Å². The Balaban J connectivity index is 2.82. The van der Waals surface area contributed by atoms with Gasteiger partial charge in [0.2, 0.25) is 0 Å². The molecule has 0 spiro atoms. The number of fused-ring (bicyclic) bond motifs is 1.